The average Bonchev–Trinajstić information content (AvgIpc) is 2.78. The Morgan fingerprint density at radius 1 is 0.921 bits per heavy atom. The minimum atomic E-state index is -6.08. The first-order valence-corrected chi connectivity index (χ1v) is 13.3. The number of sulfonamides is 1. The van der Waals surface area contributed by atoms with Crippen molar-refractivity contribution in [2.45, 2.75) is 44.3 Å². The van der Waals surface area contributed by atoms with Gasteiger partial charge in [0, 0.05) is 55.0 Å². The Labute approximate surface area is 214 Å². The van der Waals surface area contributed by atoms with E-state index in [9.17, 15) is 39.9 Å². The number of alkyl halides is 6. The molecule has 1 aliphatic heterocycles. The molecule has 1 N–H and O–H groups in total. The van der Waals surface area contributed by atoms with Crippen LogP contribution in [0.4, 0.5) is 35.1 Å². The van der Waals surface area contributed by atoms with Gasteiger partial charge in [0.2, 0.25) is 10.0 Å². The van der Waals surface area contributed by atoms with Crippen LogP contribution < -0.4 is 0 Å². The largest absolute Gasteiger partial charge is 0.430 e. The summed E-state index contributed by atoms with van der Waals surface area (Å²) in [7, 11) is -3.39. The van der Waals surface area contributed by atoms with Gasteiger partial charge < -0.3 is 5.11 Å². The van der Waals surface area contributed by atoms with Gasteiger partial charge in [0.1, 0.15) is 11.6 Å². The average molecular weight is 575 g/mol. The summed E-state index contributed by atoms with van der Waals surface area (Å²) < 4.78 is 135. The Balaban J connectivity index is 1.99. The Morgan fingerprint density at radius 2 is 1.42 bits per heavy atom. The second kappa shape index (κ2) is 10.4. The molecule has 2 aromatic carbocycles. The van der Waals surface area contributed by atoms with Crippen molar-refractivity contribution in [1.82, 2.24) is 9.21 Å². The molecular weight excluding hydrogens is 548 g/mol. The lowest BCUT2D eigenvalue weighted by atomic mass is 9.87. The number of aliphatic hydroxyl groups is 1. The van der Waals surface area contributed by atoms with Crippen LogP contribution in [0.2, 0.25) is 0 Å². The maximum Gasteiger partial charge on any atom is 0.430 e. The molecule has 0 aromatic heterocycles. The molecule has 38 heavy (non-hydrogen) atoms. The van der Waals surface area contributed by atoms with Gasteiger partial charge in [-0.3, -0.25) is 4.90 Å². The van der Waals surface area contributed by atoms with Crippen molar-refractivity contribution in [2.24, 2.45) is 0 Å². The fourth-order valence-corrected chi connectivity index (χ4v) is 5.30. The van der Waals surface area contributed by atoms with Gasteiger partial charge in [0.25, 0.3) is 5.60 Å². The number of piperazine rings is 1. The van der Waals surface area contributed by atoms with Gasteiger partial charge in [-0.25, -0.2) is 17.2 Å². The van der Waals surface area contributed by atoms with E-state index in [1.54, 1.807) is 18.7 Å². The molecule has 0 spiro atoms. The van der Waals surface area contributed by atoms with Crippen LogP contribution in [-0.4, -0.2) is 67.5 Å². The molecule has 0 bridgehead atoms. The summed E-state index contributed by atoms with van der Waals surface area (Å²) in [5.74, 6) is -2.34. The molecule has 1 heterocycles. The molecule has 5 nitrogen and oxygen atoms in total. The zero-order valence-corrected chi connectivity index (χ0v) is 21.4. The molecule has 1 fully saturated rings. The first-order chi connectivity index (χ1) is 17.3. The van der Waals surface area contributed by atoms with Crippen molar-refractivity contribution in [3.8, 4) is 11.1 Å². The second-order valence-electron chi connectivity index (χ2n) is 9.50. The molecule has 0 unspecified atom stereocenters. The highest BCUT2D eigenvalue weighted by Crippen LogP contribution is 2.50. The maximum absolute atomic E-state index is 15.6. The topological polar surface area (TPSA) is 60.9 Å². The monoisotopic (exact) mass is 574 g/mol. The fourth-order valence-electron chi connectivity index (χ4n) is 4.48. The SMILES string of the molecule is CC(C)c1c(F)c(CN2CCN(S(C)(=O)=O)CC2)cc(F)c1-c1ccc(C(O)(C(F)(F)F)C(F)(F)F)cc1. The number of rotatable bonds is 6. The summed E-state index contributed by atoms with van der Waals surface area (Å²) in [6, 6.07) is 3.21. The van der Waals surface area contributed by atoms with E-state index in [2.05, 4.69) is 0 Å². The minimum Gasteiger partial charge on any atom is -0.369 e. The van der Waals surface area contributed by atoms with Crippen LogP contribution in [-0.2, 0) is 22.2 Å². The zero-order chi connectivity index (χ0) is 28.8. The van der Waals surface area contributed by atoms with E-state index in [1.165, 1.54) is 4.31 Å². The van der Waals surface area contributed by atoms with Crippen molar-refractivity contribution < 1.29 is 48.6 Å². The normalized spacial score (nSPS) is 16.9. The highest BCUT2D eigenvalue weighted by molar-refractivity contribution is 7.88. The number of hydrogen-bond donors (Lipinski definition) is 1. The van der Waals surface area contributed by atoms with Gasteiger partial charge in [-0.15, -0.1) is 0 Å². The van der Waals surface area contributed by atoms with E-state index in [1.807, 2.05) is 0 Å². The first kappa shape index (κ1) is 30.3. The lowest BCUT2D eigenvalue weighted by molar-refractivity contribution is -0.376. The van der Waals surface area contributed by atoms with Crippen molar-refractivity contribution >= 4 is 10.0 Å². The minimum absolute atomic E-state index is 0.0251. The third-order valence-electron chi connectivity index (χ3n) is 6.51. The van der Waals surface area contributed by atoms with Crippen molar-refractivity contribution in [3.05, 3.63) is 58.7 Å². The Bertz CT molecular complexity index is 1250. The van der Waals surface area contributed by atoms with Crippen LogP contribution in [0.15, 0.2) is 30.3 Å². The van der Waals surface area contributed by atoms with E-state index in [4.69, 9.17) is 0 Å². The van der Waals surface area contributed by atoms with Crippen molar-refractivity contribution in [2.75, 3.05) is 32.4 Å². The quantitative estimate of drug-likeness (QED) is 0.486. The smallest absolute Gasteiger partial charge is 0.369 e. The highest BCUT2D eigenvalue weighted by Gasteiger charge is 2.71. The third-order valence-corrected chi connectivity index (χ3v) is 7.81. The summed E-state index contributed by atoms with van der Waals surface area (Å²) >= 11 is 0. The number of nitrogens with zero attached hydrogens (tertiary/aromatic N) is 2. The van der Waals surface area contributed by atoms with E-state index >= 15 is 8.78 Å². The molecule has 1 aliphatic rings. The Hall–Kier alpha value is -2.29. The van der Waals surface area contributed by atoms with Crippen LogP contribution in [0.5, 0.6) is 0 Å². The van der Waals surface area contributed by atoms with Crippen molar-refractivity contribution in [1.29, 1.82) is 0 Å². The van der Waals surface area contributed by atoms with Crippen LogP contribution in [0.25, 0.3) is 11.1 Å². The fraction of sp³-hybridized carbons (Fsp3) is 0.500. The molecule has 1 saturated heterocycles. The summed E-state index contributed by atoms with van der Waals surface area (Å²) in [4.78, 5) is 1.74. The van der Waals surface area contributed by atoms with Crippen LogP contribution in [0.3, 0.4) is 0 Å². The van der Waals surface area contributed by atoms with E-state index < -0.39 is 51.1 Å². The van der Waals surface area contributed by atoms with Crippen LogP contribution in [0, 0.1) is 11.6 Å². The number of hydrogen-bond acceptors (Lipinski definition) is 4. The van der Waals surface area contributed by atoms with Gasteiger partial charge >= 0.3 is 12.4 Å². The predicted octanol–water partition coefficient (Wildman–Crippen LogP) is 5.14. The molecule has 2 aromatic rings. The third kappa shape index (κ3) is 5.68. The lowest BCUT2D eigenvalue weighted by Crippen LogP contribution is -2.53. The second-order valence-corrected chi connectivity index (χ2v) is 11.5. The van der Waals surface area contributed by atoms with Gasteiger partial charge in [-0.05, 0) is 17.5 Å². The zero-order valence-electron chi connectivity index (χ0n) is 20.6. The molecular formula is C24H26F8N2O3S. The van der Waals surface area contributed by atoms with Gasteiger partial charge in [-0.2, -0.15) is 30.6 Å². The highest BCUT2D eigenvalue weighted by atomic mass is 32.2. The first-order valence-electron chi connectivity index (χ1n) is 11.4. The molecule has 0 amide bonds. The van der Waals surface area contributed by atoms with Gasteiger partial charge in [-0.1, -0.05) is 38.1 Å². The summed E-state index contributed by atoms with van der Waals surface area (Å²) in [5, 5.41) is 9.59. The predicted molar refractivity (Wildman–Crippen MR) is 124 cm³/mol. The Morgan fingerprint density at radius 3 is 1.84 bits per heavy atom. The number of halogens is 8. The standard InChI is InChI=1S/C24H26F8N2O3S/c1-14(2)19-20(15-4-6-17(7-5-15)22(35,23(27,28)29)24(30,31)32)18(25)12-16(21(19)26)13-33-8-10-34(11-9-33)38(3,36)37/h4-7,12,14,35H,8-11,13H2,1-3H3. The summed E-state index contributed by atoms with van der Waals surface area (Å²) in [6.45, 7) is 3.96. The van der Waals surface area contributed by atoms with E-state index in [0.29, 0.717) is 12.1 Å². The molecule has 0 aliphatic carbocycles. The summed E-state index contributed by atoms with van der Waals surface area (Å²) in [5.41, 5.74) is -7.30. The Kier molecular flexibility index (Phi) is 8.25. The lowest BCUT2D eigenvalue weighted by Gasteiger charge is -2.33. The van der Waals surface area contributed by atoms with Gasteiger partial charge in [0.15, 0.2) is 0 Å². The maximum atomic E-state index is 15.6. The molecule has 0 radical (unpaired) electrons. The van der Waals surface area contributed by atoms with Crippen LogP contribution >= 0.6 is 0 Å². The molecule has 0 atom stereocenters. The van der Waals surface area contributed by atoms with E-state index in [0.717, 1.165) is 24.5 Å². The van der Waals surface area contributed by atoms with Crippen molar-refractivity contribution in [3.63, 3.8) is 0 Å². The number of benzene rings is 2. The molecule has 212 valence electrons. The molecule has 3 rings (SSSR count). The summed E-state index contributed by atoms with van der Waals surface area (Å²) in [6.07, 6.45) is -11.1. The van der Waals surface area contributed by atoms with E-state index in [-0.39, 0.29) is 55.0 Å². The molecule has 0 saturated carbocycles. The van der Waals surface area contributed by atoms with Gasteiger partial charge in [0.05, 0.1) is 6.26 Å². The molecule has 14 heteroatoms. The van der Waals surface area contributed by atoms with Crippen LogP contribution in [0.1, 0.15) is 36.5 Å².